The highest BCUT2D eigenvalue weighted by atomic mass is 16.5. The van der Waals surface area contributed by atoms with Crippen molar-refractivity contribution >= 4 is 35.6 Å². The molecular weight excluding hydrogens is 720 g/mol. The Kier molecular flexibility index (Phi) is 12.5. The second-order valence-corrected chi connectivity index (χ2v) is 15.3. The number of H-pyrrole nitrogens is 2. The van der Waals surface area contributed by atoms with E-state index in [2.05, 4.69) is 47.6 Å². The lowest BCUT2D eigenvalue weighted by Crippen LogP contribution is -2.51. The molecule has 0 unspecified atom stereocenters. The minimum absolute atomic E-state index is 0.113. The summed E-state index contributed by atoms with van der Waals surface area (Å²) in [7, 11) is 2.55. The Balaban J connectivity index is 1.03. The van der Waals surface area contributed by atoms with Crippen molar-refractivity contribution in [1.82, 2.24) is 45.3 Å². The minimum Gasteiger partial charge on any atom is -0.453 e. The van der Waals surface area contributed by atoms with Gasteiger partial charge in [0.1, 0.15) is 29.4 Å². The number of piperazine rings is 1. The van der Waals surface area contributed by atoms with Gasteiger partial charge >= 0.3 is 12.2 Å². The molecule has 56 heavy (non-hydrogen) atoms. The lowest BCUT2D eigenvalue weighted by atomic mass is 10.0. The molecule has 6 rings (SSSR count). The maximum absolute atomic E-state index is 13.6. The van der Waals surface area contributed by atoms with Crippen LogP contribution < -0.4 is 15.5 Å². The zero-order valence-corrected chi connectivity index (χ0v) is 33.0. The molecule has 17 heteroatoms. The first-order chi connectivity index (χ1) is 26.9. The first-order valence-corrected chi connectivity index (χ1v) is 19.4. The lowest BCUT2D eigenvalue weighted by Gasteiger charge is -2.36. The van der Waals surface area contributed by atoms with Gasteiger partial charge in [-0.1, -0.05) is 39.8 Å². The van der Waals surface area contributed by atoms with Gasteiger partial charge in [0.25, 0.3) is 5.91 Å². The normalized spacial score (nSPS) is 19.6. The minimum atomic E-state index is -0.737. The van der Waals surface area contributed by atoms with Crippen LogP contribution in [0.25, 0.3) is 11.3 Å². The number of rotatable bonds is 11. The number of aromatic nitrogens is 4. The number of methoxy groups -OCH3 is 2. The van der Waals surface area contributed by atoms with E-state index in [0.717, 1.165) is 36.2 Å². The van der Waals surface area contributed by atoms with E-state index in [1.807, 2.05) is 44.7 Å². The number of likely N-dealkylation sites (tertiary alicyclic amines) is 2. The summed E-state index contributed by atoms with van der Waals surface area (Å²) in [4.78, 5) is 87.8. The summed E-state index contributed by atoms with van der Waals surface area (Å²) in [5.74, 6) is 0.522. The van der Waals surface area contributed by atoms with Gasteiger partial charge in [-0.3, -0.25) is 14.4 Å². The van der Waals surface area contributed by atoms with Gasteiger partial charge < -0.3 is 49.7 Å². The Labute approximate surface area is 326 Å². The molecule has 0 spiro atoms. The number of nitrogens with one attached hydrogen (secondary N) is 4. The van der Waals surface area contributed by atoms with E-state index >= 15 is 0 Å². The fourth-order valence-electron chi connectivity index (χ4n) is 7.84. The standard InChI is InChI=1S/C39H54N10O7/c1-23(2)31(44-38(53)55-5)36(51)48-15-7-9-29(48)33-40-21-27(42-33)25-11-13-26(14-12-25)46-17-19-47(20-18-46)35(50)28-22-41-34(43-28)30-10-8-16-49(30)37(52)32(24(3)4)45-39(54)56-6/h11-14,21-24,29-32H,7-10,15-20H2,1-6H3,(H,40,42)(H,41,43)(H,44,53)(H,45,54)/t29-,30-,31-,32-/m0/s1. The van der Waals surface area contributed by atoms with Crippen LogP contribution >= 0.6 is 0 Å². The maximum Gasteiger partial charge on any atom is 0.407 e. The number of anilines is 1. The van der Waals surface area contributed by atoms with Crippen LogP contribution in [-0.4, -0.2) is 130 Å². The van der Waals surface area contributed by atoms with Crippen molar-refractivity contribution < 1.29 is 33.4 Å². The molecule has 4 N–H and O–H groups in total. The fraction of sp³-hybridized carbons (Fsp3) is 0.564. The summed E-state index contributed by atoms with van der Waals surface area (Å²) in [6.45, 7) is 11.0. The first-order valence-electron chi connectivity index (χ1n) is 19.4. The Bertz CT molecular complexity index is 1870. The third-order valence-corrected chi connectivity index (χ3v) is 11.0. The number of imidazole rings is 2. The summed E-state index contributed by atoms with van der Waals surface area (Å²) >= 11 is 0. The van der Waals surface area contributed by atoms with E-state index in [9.17, 15) is 24.0 Å². The number of hydrogen-bond donors (Lipinski definition) is 4. The second kappa shape index (κ2) is 17.5. The smallest absolute Gasteiger partial charge is 0.407 e. The van der Waals surface area contributed by atoms with Gasteiger partial charge in [-0.2, -0.15) is 0 Å². The van der Waals surface area contributed by atoms with Crippen molar-refractivity contribution in [3.8, 4) is 11.3 Å². The van der Waals surface area contributed by atoms with Crippen LogP contribution in [0.3, 0.4) is 0 Å². The molecule has 5 amide bonds. The van der Waals surface area contributed by atoms with Crippen molar-refractivity contribution in [2.75, 3.05) is 58.4 Å². The van der Waals surface area contributed by atoms with Crippen LogP contribution in [0.2, 0.25) is 0 Å². The Morgan fingerprint density at radius 1 is 0.696 bits per heavy atom. The van der Waals surface area contributed by atoms with Gasteiger partial charge in [-0.05, 0) is 55.2 Å². The summed E-state index contributed by atoms with van der Waals surface area (Å²) in [5, 5.41) is 5.34. The van der Waals surface area contributed by atoms with Crippen LogP contribution in [0.5, 0.6) is 0 Å². The average Bonchev–Trinajstić information content (AvgIpc) is 4.05. The van der Waals surface area contributed by atoms with Gasteiger partial charge in [-0.15, -0.1) is 0 Å². The third-order valence-electron chi connectivity index (χ3n) is 11.0. The Morgan fingerprint density at radius 3 is 1.70 bits per heavy atom. The molecule has 3 aromatic rings. The zero-order chi connectivity index (χ0) is 40.1. The number of carbonyl (C=O) groups excluding carboxylic acids is 5. The molecule has 3 saturated heterocycles. The Morgan fingerprint density at radius 2 is 1.20 bits per heavy atom. The van der Waals surface area contributed by atoms with Crippen LogP contribution in [0, 0.1) is 11.8 Å². The molecule has 0 bridgehead atoms. The molecule has 0 radical (unpaired) electrons. The SMILES string of the molecule is COC(=O)N[C@H](C(=O)N1CCC[C@H]1c1ncc(C(=O)N2CCN(c3ccc(-c4cnc([C@@H]5CCCN5C(=O)[C@@H](NC(=O)OC)C(C)C)[nH]4)cc3)CC2)[nH]1)C(C)C. The van der Waals surface area contributed by atoms with E-state index in [-0.39, 0.29) is 41.6 Å². The molecule has 2 aromatic heterocycles. The third kappa shape index (κ3) is 8.60. The summed E-state index contributed by atoms with van der Waals surface area (Å²) in [6.07, 6.45) is 5.14. The highest BCUT2D eigenvalue weighted by molar-refractivity contribution is 5.92. The molecule has 3 aliphatic heterocycles. The number of nitrogens with zero attached hydrogens (tertiary/aromatic N) is 6. The molecular formula is C39H54N10O7. The quantitative estimate of drug-likeness (QED) is 0.222. The van der Waals surface area contributed by atoms with E-state index < -0.39 is 24.3 Å². The van der Waals surface area contributed by atoms with Crippen LogP contribution in [-0.2, 0) is 19.1 Å². The molecule has 0 saturated carbocycles. The number of aromatic amines is 2. The van der Waals surface area contributed by atoms with Crippen LogP contribution in [0.15, 0.2) is 36.7 Å². The monoisotopic (exact) mass is 774 g/mol. The summed E-state index contributed by atoms with van der Waals surface area (Å²) in [6, 6.07) is 6.22. The molecule has 0 aliphatic carbocycles. The Hall–Kier alpha value is -5.61. The largest absolute Gasteiger partial charge is 0.453 e. The molecule has 5 heterocycles. The van der Waals surface area contributed by atoms with E-state index in [0.29, 0.717) is 63.0 Å². The summed E-state index contributed by atoms with van der Waals surface area (Å²) < 4.78 is 9.48. The average molecular weight is 775 g/mol. The van der Waals surface area contributed by atoms with Gasteiger partial charge in [-0.25, -0.2) is 19.6 Å². The molecule has 1 aromatic carbocycles. The highest BCUT2D eigenvalue weighted by Gasteiger charge is 2.39. The molecule has 3 aliphatic rings. The first kappa shape index (κ1) is 40.1. The number of ether oxygens (including phenoxy) is 2. The predicted octanol–water partition coefficient (Wildman–Crippen LogP) is 3.85. The van der Waals surface area contributed by atoms with Gasteiger partial charge in [0.15, 0.2) is 0 Å². The van der Waals surface area contributed by atoms with Gasteiger partial charge in [0.2, 0.25) is 11.8 Å². The van der Waals surface area contributed by atoms with Gasteiger partial charge in [0, 0.05) is 45.0 Å². The van der Waals surface area contributed by atoms with Crippen LogP contribution in [0.1, 0.15) is 87.6 Å². The van der Waals surface area contributed by atoms with E-state index in [1.54, 1.807) is 22.2 Å². The molecule has 17 nitrogen and oxygen atoms in total. The van der Waals surface area contributed by atoms with Crippen molar-refractivity contribution in [1.29, 1.82) is 0 Å². The number of carbonyl (C=O) groups is 5. The number of benzene rings is 1. The van der Waals surface area contributed by atoms with E-state index in [4.69, 9.17) is 9.47 Å². The van der Waals surface area contributed by atoms with Crippen molar-refractivity contribution in [2.45, 2.75) is 77.5 Å². The molecule has 4 atom stereocenters. The summed E-state index contributed by atoms with van der Waals surface area (Å²) in [5.41, 5.74) is 3.23. The number of amides is 5. The second-order valence-electron chi connectivity index (χ2n) is 15.3. The van der Waals surface area contributed by atoms with Crippen molar-refractivity contribution in [3.05, 3.63) is 54.0 Å². The van der Waals surface area contributed by atoms with E-state index in [1.165, 1.54) is 14.2 Å². The maximum atomic E-state index is 13.6. The van der Waals surface area contributed by atoms with Crippen molar-refractivity contribution in [2.24, 2.45) is 11.8 Å². The van der Waals surface area contributed by atoms with Crippen molar-refractivity contribution in [3.63, 3.8) is 0 Å². The highest BCUT2D eigenvalue weighted by Crippen LogP contribution is 2.34. The topological polar surface area (TPSA) is 198 Å². The fourth-order valence-corrected chi connectivity index (χ4v) is 7.84. The molecule has 3 fully saturated rings. The number of hydrogen-bond acceptors (Lipinski definition) is 10. The van der Waals surface area contributed by atoms with Gasteiger partial charge in [0.05, 0.1) is 44.4 Å². The predicted molar refractivity (Wildman–Crippen MR) is 206 cm³/mol. The lowest BCUT2D eigenvalue weighted by molar-refractivity contribution is -0.136. The number of alkyl carbamates (subject to hydrolysis) is 2. The molecule has 302 valence electrons. The zero-order valence-electron chi connectivity index (χ0n) is 33.0. The van der Waals surface area contributed by atoms with Crippen LogP contribution in [0.4, 0.5) is 15.3 Å².